The summed E-state index contributed by atoms with van der Waals surface area (Å²) in [4.78, 5) is 2.78. The first kappa shape index (κ1) is 14.4. The normalized spacial score (nSPS) is 16.9. The second-order valence-corrected chi connectivity index (χ2v) is 6.33. The summed E-state index contributed by atoms with van der Waals surface area (Å²) in [5, 5.41) is 0.719. The molecule has 0 saturated carbocycles. The Labute approximate surface area is 135 Å². The summed E-state index contributed by atoms with van der Waals surface area (Å²) in [5.74, 6) is 0. The third-order valence-electron chi connectivity index (χ3n) is 4.03. The van der Waals surface area contributed by atoms with Crippen LogP contribution in [0.3, 0.4) is 0 Å². The van der Waals surface area contributed by atoms with Gasteiger partial charge in [0.25, 0.3) is 0 Å². The van der Waals surface area contributed by atoms with Gasteiger partial charge in [0.1, 0.15) is 4.99 Å². The molecule has 0 amide bonds. The van der Waals surface area contributed by atoms with Crippen molar-refractivity contribution in [3.8, 4) is 0 Å². The van der Waals surface area contributed by atoms with Crippen molar-refractivity contribution in [1.82, 2.24) is 0 Å². The van der Waals surface area contributed by atoms with Crippen LogP contribution in [-0.4, -0.2) is 11.0 Å². The third-order valence-corrected chi connectivity index (χ3v) is 4.61. The number of nitrogens with two attached hydrogens (primary N) is 1. The van der Waals surface area contributed by atoms with Gasteiger partial charge >= 0.3 is 0 Å². The lowest BCUT2D eigenvalue weighted by atomic mass is 10.1. The van der Waals surface area contributed by atoms with E-state index >= 15 is 0 Å². The molecular formula is C17H17ClN2S. The van der Waals surface area contributed by atoms with Gasteiger partial charge in [-0.2, -0.15) is 0 Å². The van der Waals surface area contributed by atoms with E-state index in [9.17, 15) is 0 Å². The summed E-state index contributed by atoms with van der Waals surface area (Å²) < 4.78 is 0. The van der Waals surface area contributed by atoms with Crippen molar-refractivity contribution >= 4 is 34.5 Å². The lowest BCUT2D eigenvalue weighted by Gasteiger charge is -2.25. The number of benzene rings is 2. The zero-order chi connectivity index (χ0) is 15.0. The number of fused-ring (bicyclic) bond motifs is 1. The average molecular weight is 317 g/mol. The van der Waals surface area contributed by atoms with Crippen LogP contribution in [0.15, 0.2) is 42.5 Å². The molecule has 0 radical (unpaired) electrons. The lowest BCUT2D eigenvalue weighted by Crippen LogP contribution is -2.28. The van der Waals surface area contributed by atoms with E-state index in [4.69, 9.17) is 29.6 Å². The molecule has 108 valence electrons. The van der Waals surface area contributed by atoms with Gasteiger partial charge in [0.15, 0.2) is 0 Å². The van der Waals surface area contributed by atoms with E-state index in [1.165, 1.54) is 11.3 Å². The van der Waals surface area contributed by atoms with E-state index in [1.54, 1.807) is 0 Å². The van der Waals surface area contributed by atoms with E-state index in [-0.39, 0.29) is 0 Å². The highest BCUT2D eigenvalue weighted by molar-refractivity contribution is 7.80. The van der Waals surface area contributed by atoms with E-state index in [2.05, 4.69) is 36.1 Å². The highest BCUT2D eigenvalue weighted by Gasteiger charge is 2.25. The van der Waals surface area contributed by atoms with Crippen molar-refractivity contribution in [2.75, 3.05) is 4.90 Å². The van der Waals surface area contributed by atoms with Crippen LogP contribution in [0.25, 0.3) is 0 Å². The summed E-state index contributed by atoms with van der Waals surface area (Å²) >= 11 is 11.4. The van der Waals surface area contributed by atoms with Crippen molar-refractivity contribution in [1.29, 1.82) is 0 Å². The van der Waals surface area contributed by atoms with Gasteiger partial charge in [-0.25, -0.2) is 0 Å². The molecule has 0 bridgehead atoms. The van der Waals surface area contributed by atoms with Crippen LogP contribution in [-0.2, 0) is 13.0 Å². The number of rotatable bonds is 3. The molecule has 2 aromatic rings. The molecule has 0 aromatic heterocycles. The number of nitrogens with zero attached hydrogens (tertiary/aromatic N) is 1. The number of halogens is 1. The molecular weight excluding hydrogens is 300 g/mol. The van der Waals surface area contributed by atoms with E-state index in [1.807, 2.05) is 18.2 Å². The Balaban J connectivity index is 1.89. The van der Waals surface area contributed by atoms with Crippen LogP contribution in [0.2, 0.25) is 5.02 Å². The first-order valence-electron chi connectivity index (χ1n) is 6.99. The predicted octanol–water partition coefficient (Wildman–Crippen LogP) is 3.93. The van der Waals surface area contributed by atoms with Crippen LogP contribution >= 0.6 is 23.8 Å². The second kappa shape index (κ2) is 5.66. The van der Waals surface area contributed by atoms with Crippen molar-refractivity contribution < 1.29 is 0 Å². The van der Waals surface area contributed by atoms with Gasteiger partial charge in [-0.3, -0.25) is 0 Å². The largest absolute Gasteiger partial charge is 0.389 e. The topological polar surface area (TPSA) is 29.3 Å². The Morgan fingerprint density at radius 1 is 1.33 bits per heavy atom. The zero-order valence-electron chi connectivity index (χ0n) is 11.8. The molecule has 1 unspecified atom stereocenters. The minimum atomic E-state index is 0.378. The molecule has 3 rings (SSSR count). The maximum atomic E-state index is 6.38. The van der Waals surface area contributed by atoms with Crippen molar-refractivity contribution in [3.05, 3.63) is 64.2 Å². The smallest absolute Gasteiger partial charge is 0.104 e. The molecule has 2 N–H and O–H groups in total. The predicted molar refractivity (Wildman–Crippen MR) is 93.1 cm³/mol. The molecule has 0 fully saturated rings. The maximum absolute atomic E-state index is 6.38. The number of anilines is 1. The van der Waals surface area contributed by atoms with Crippen molar-refractivity contribution in [2.24, 2.45) is 5.73 Å². The van der Waals surface area contributed by atoms with Crippen LogP contribution in [0.4, 0.5) is 5.69 Å². The van der Waals surface area contributed by atoms with Crippen LogP contribution in [0.5, 0.6) is 0 Å². The number of hydrogen-bond donors (Lipinski definition) is 1. The minimum Gasteiger partial charge on any atom is -0.389 e. The maximum Gasteiger partial charge on any atom is 0.104 e. The average Bonchev–Trinajstić information content (AvgIpc) is 2.77. The quantitative estimate of drug-likeness (QED) is 0.870. The summed E-state index contributed by atoms with van der Waals surface area (Å²) in [6.07, 6.45) is 1.08. The molecule has 1 heterocycles. The van der Waals surface area contributed by atoms with Crippen LogP contribution < -0.4 is 10.6 Å². The summed E-state index contributed by atoms with van der Waals surface area (Å²) in [7, 11) is 0. The van der Waals surface area contributed by atoms with Crippen LogP contribution in [0, 0.1) is 0 Å². The molecule has 0 spiro atoms. The fourth-order valence-corrected chi connectivity index (χ4v) is 3.25. The Kier molecular flexibility index (Phi) is 3.87. The molecule has 2 nitrogen and oxygen atoms in total. The fourth-order valence-electron chi connectivity index (χ4n) is 2.88. The molecule has 1 aliphatic rings. The van der Waals surface area contributed by atoms with Crippen LogP contribution in [0.1, 0.15) is 23.6 Å². The minimum absolute atomic E-state index is 0.378. The first-order valence-corrected chi connectivity index (χ1v) is 7.77. The first-order chi connectivity index (χ1) is 10.1. The lowest BCUT2D eigenvalue weighted by molar-refractivity contribution is 0.672. The SMILES string of the molecule is CC1Cc2ccccc2N1Cc1ccc(C(N)=S)cc1Cl. The van der Waals surface area contributed by atoms with Gasteiger partial charge in [0, 0.05) is 28.9 Å². The summed E-state index contributed by atoms with van der Waals surface area (Å²) in [6, 6.07) is 14.8. The summed E-state index contributed by atoms with van der Waals surface area (Å²) in [5.41, 5.74) is 10.3. The van der Waals surface area contributed by atoms with Gasteiger partial charge in [-0.15, -0.1) is 0 Å². The number of hydrogen-bond acceptors (Lipinski definition) is 2. The molecule has 1 atom stereocenters. The Bertz CT molecular complexity index is 699. The molecule has 0 saturated heterocycles. The molecule has 1 aliphatic heterocycles. The second-order valence-electron chi connectivity index (χ2n) is 5.48. The van der Waals surface area contributed by atoms with Crippen molar-refractivity contribution in [3.63, 3.8) is 0 Å². The van der Waals surface area contributed by atoms with Gasteiger partial charge in [0.2, 0.25) is 0 Å². The molecule has 4 heteroatoms. The Hall–Kier alpha value is -1.58. The standard InChI is InChI=1S/C17H17ClN2S/c1-11-8-12-4-2-3-5-16(12)20(11)10-14-7-6-13(17(19)21)9-15(14)18/h2-7,9,11H,8,10H2,1H3,(H2,19,21). The monoisotopic (exact) mass is 316 g/mol. The zero-order valence-corrected chi connectivity index (χ0v) is 13.4. The van der Waals surface area contributed by atoms with Gasteiger partial charge < -0.3 is 10.6 Å². The van der Waals surface area contributed by atoms with E-state index < -0.39 is 0 Å². The number of thiocarbonyl (C=S) groups is 1. The summed E-state index contributed by atoms with van der Waals surface area (Å²) in [6.45, 7) is 3.05. The van der Waals surface area contributed by atoms with Gasteiger partial charge in [0.05, 0.1) is 0 Å². The number of para-hydroxylation sites is 1. The molecule has 0 aliphatic carbocycles. The van der Waals surface area contributed by atoms with Crippen molar-refractivity contribution in [2.45, 2.75) is 25.9 Å². The fraction of sp³-hybridized carbons (Fsp3) is 0.235. The van der Waals surface area contributed by atoms with E-state index in [0.717, 1.165) is 29.1 Å². The highest BCUT2D eigenvalue weighted by atomic mass is 35.5. The Morgan fingerprint density at radius 3 is 2.81 bits per heavy atom. The van der Waals surface area contributed by atoms with Gasteiger partial charge in [-0.1, -0.05) is 54.2 Å². The highest BCUT2D eigenvalue weighted by Crippen LogP contribution is 2.34. The Morgan fingerprint density at radius 2 is 2.10 bits per heavy atom. The molecule has 2 aromatic carbocycles. The van der Waals surface area contributed by atoms with E-state index in [0.29, 0.717) is 11.0 Å². The molecule has 21 heavy (non-hydrogen) atoms. The third kappa shape index (κ3) is 2.76. The van der Waals surface area contributed by atoms with Gasteiger partial charge in [-0.05, 0) is 36.6 Å².